The molecule has 7 nitrogen and oxygen atoms in total. The molecule has 0 bridgehead atoms. The lowest BCUT2D eigenvalue weighted by atomic mass is 10.1. The van der Waals surface area contributed by atoms with Crippen molar-refractivity contribution in [2.75, 3.05) is 37.7 Å². The minimum atomic E-state index is -0.0618. The van der Waals surface area contributed by atoms with Crippen LogP contribution in [0.4, 0.5) is 5.88 Å². The van der Waals surface area contributed by atoms with E-state index in [1.807, 2.05) is 72.5 Å². The second-order valence-electron chi connectivity index (χ2n) is 7.53. The van der Waals surface area contributed by atoms with E-state index in [2.05, 4.69) is 11.1 Å². The number of rotatable bonds is 6. The van der Waals surface area contributed by atoms with E-state index in [1.165, 1.54) is 5.56 Å². The van der Waals surface area contributed by atoms with Crippen molar-refractivity contribution < 1.29 is 13.9 Å². The summed E-state index contributed by atoms with van der Waals surface area (Å²) < 4.78 is 11.4. The van der Waals surface area contributed by atoms with E-state index in [1.54, 1.807) is 11.0 Å². The van der Waals surface area contributed by atoms with Gasteiger partial charge in [0.2, 0.25) is 17.5 Å². The number of hydrogen-bond acceptors (Lipinski definition) is 6. The number of piperazine rings is 1. The third kappa shape index (κ3) is 5.16. The predicted molar refractivity (Wildman–Crippen MR) is 122 cm³/mol. The summed E-state index contributed by atoms with van der Waals surface area (Å²) in [6, 6.07) is 19.5. The lowest BCUT2D eigenvalue weighted by molar-refractivity contribution is -0.133. The number of benzene rings is 2. The van der Waals surface area contributed by atoms with Gasteiger partial charge in [-0.15, -0.1) is 0 Å². The molecule has 1 saturated heterocycles. The zero-order valence-electron chi connectivity index (χ0n) is 17.9. The average Bonchev–Trinajstić information content (AvgIpc) is 3.26. The van der Waals surface area contributed by atoms with Gasteiger partial charge < -0.3 is 19.0 Å². The standard InChI is InChI=1S/C25H24N4O3/c1-19-7-9-20(10-8-19)11-12-23-27-22(17-26)25(32-23)29-15-13-28(14-16-29)24(30)18-31-21-5-3-2-4-6-21/h2-12H,13-16,18H2,1H3. The van der Waals surface area contributed by atoms with Crippen molar-refractivity contribution in [3.63, 3.8) is 0 Å². The number of nitrogens with zero attached hydrogens (tertiary/aromatic N) is 4. The smallest absolute Gasteiger partial charge is 0.260 e. The monoisotopic (exact) mass is 428 g/mol. The van der Waals surface area contributed by atoms with E-state index in [4.69, 9.17) is 9.15 Å². The quantitative estimate of drug-likeness (QED) is 0.595. The first kappa shape index (κ1) is 21.2. The fourth-order valence-corrected chi connectivity index (χ4v) is 3.44. The minimum Gasteiger partial charge on any atom is -0.484 e. The number of amides is 1. The lowest BCUT2D eigenvalue weighted by Crippen LogP contribution is -2.50. The maximum Gasteiger partial charge on any atom is 0.260 e. The van der Waals surface area contributed by atoms with Crippen LogP contribution in [0.15, 0.2) is 59.0 Å². The van der Waals surface area contributed by atoms with Gasteiger partial charge in [-0.05, 0) is 30.7 Å². The van der Waals surface area contributed by atoms with Crippen molar-refractivity contribution >= 4 is 23.9 Å². The Bertz CT molecular complexity index is 1120. The van der Waals surface area contributed by atoms with Gasteiger partial charge >= 0.3 is 0 Å². The van der Waals surface area contributed by atoms with Crippen molar-refractivity contribution in [1.29, 1.82) is 5.26 Å². The number of nitriles is 1. The van der Waals surface area contributed by atoms with Gasteiger partial charge in [-0.2, -0.15) is 10.2 Å². The van der Waals surface area contributed by atoms with Crippen molar-refractivity contribution in [3.8, 4) is 11.8 Å². The second-order valence-corrected chi connectivity index (χ2v) is 7.53. The molecule has 0 atom stereocenters. The molecule has 2 heterocycles. The van der Waals surface area contributed by atoms with E-state index in [9.17, 15) is 10.1 Å². The Balaban J connectivity index is 1.35. The number of carbonyl (C=O) groups is 1. The molecule has 2 aromatic carbocycles. The number of para-hydroxylation sites is 1. The Morgan fingerprint density at radius 3 is 2.50 bits per heavy atom. The summed E-state index contributed by atoms with van der Waals surface area (Å²) >= 11 is 0. The van der Waals surface area contributed by atoms with Crippen LogP contribution in [0.25, 0.3) is 12.2 Å². The number of aromatic nitrogens is 1. The summed E-state index contributed by atoms with van der Waals surface area (Å²) in [5, 5.41) is 9.49. The van der Waals surface area contributed by atoms with Gasteiger partial charge in [0.15, 0.2) is 6.61 Å². The van der Waals surface area contributed by atoms with E-state index < -0.39 is 0 Å². The van der Waals surface area contributed by atoms with Crippen molar-refractivity contribution in [2.24, 2.45) is 0 Å². The van der Waals surface area contributed by atoms with E-state index in [-0.39, 0.29) is 18.2 Å². The summed E-state index contributed by atoms with van der Waals surface area (Å²) in [4.78, 5) is 20.5. The maximum atomic E-state index is 12.5. The first-order valence-corrected chi connectivity index (χ1v) is 10.5. The molecule has 0 radical (unpaired) electrons. The number of oxazole rings is 1. The number of hydrogen-bond donors (Lipinski definition) is 0. The molecule has 0 N–H and O–H groups in total. The summed E-state index contributed by atoms with van der Waals surface area (Å²) in [5.74, 6) is 1.44. The van der Waals surface area contributed by atoms with Crippen LogP contribution in [0.5, 0.6) is 5.75 Å². The van der Waals surface area contributed by atoms with Crippen LogP contribution in [-0.4, -0.2) is 48.6 Å². The first-order valence-electron chi connectivity index (χ1n) is 10.5. The highest BCUT2D eigenvalue weighted by Crippen LogP contribution is 2.24. The van der Waals surface area contributed by atoms with Crippen molar-refractivity contribution in [2.45, 2.75) is 6.92 Å². The average molecular weight is 428 g/mol. The van der Waals surface area contributed by atoms with Crippen LogP contribution in [0.2, 0.25) is 0 Å². The minimum absolute atomic E-state index is 0.00369. The van der Waals surface area contributed by atoms with Gasteiger partial charge in [0, 0.05) is 32.3 Å². The molecule has 1 aliphatic rings. The molecule has 3 aromatic rings. The maximum absolute atomic E-state index is 12.5. The fourth-order valence-electron chi connectivity index (χ4n) is 3.44. The lowest BCUT2D eigenvalue weighted by Gasteiger charge is -2.34. The highest BCUT2D eigenvalue weighted by molar-refractivity contribution is 5.78. The molecular weight excluding hydrogens is 404 g/mol. The summed E-state index contributed by atoms with van der Waals surface area (Å²) in [7, 11) is 0. The molecule has 0 saturated carbocycles. The molecule has 1 fully saturated rings. The van der Waals surface area contributed by atoms with Crippen LogP contribution < -0.4 is 9.64 Å². The molecule has 32 heavy (non-hydrogen) atoms. The second kappa shape index (κ2) is 9.84. The van der Waals surface area contributed by atoms with E-state index >= 15 is 0 Å². The molecule has 7 heteroatoms. The third-order valence-electron chi connectivity index (χ3n) is 5.25. The van der Waals surface area contributed by atoms with Crippen LogP contribution in [0, 0.1) is 18.3 Å². The zero-order chi connectivity index (χ0) is 22.3. The molecule has 1 aromatic heterocycles. The van der Waals surface area contributed by atoms with Crippen molar-refractivity contribution in [3.05, 3.63) is 77.3 Å². The topological polar surface area (TPSA) is 82.6 Å². The van der Waals surface area contributed by atoms with E-state index in [0.717, 1.165) is 5.56 Å². The normalized spacial score (nSPS) is 13.9. The zero-order valence-corrected chi connectivity index (χ0v) is 17.9. The first-order chi connectivity index (χ1) is 15.6. The highest BCUT2D eigenvalue weighted by atomic mass is 16.5. The van der Waals surface area contributed by atoms with E-state index in [0.29, 0.717) is 43.7 Å². The van der Waals surface area contributed by atoms with Crippen LogP contribution >= 0.6 is 0 Å². The van der Waals surface area contributed by atoms with Gasteiger partial charge in [0.05, 0.1) is 0 Å². The van der Waals surface area contributed by atoms with Gasteiger partial charge in [0.25, 0.3) is 5.91 Å². The molecule has 4 rings (SSSR count). The summed E-state index contributed by atoms with van der Waals surface area (Å²) in [6.45, 7) is 4.21. The van der Waals surface area contributed by atoms with Gasteiger partial charge in [0.1, 0.15) is 11.8 Å². The third-order valence-corrected chi connectivity index (χ3v) is 5.25. The number of anilines is 1. The molecule has 0 unspecified atom stereocenters. The molecule has 0 aliphatic carbocycles. The Hall–Kier alpha value is -4.05. The molecule has 162 valence electrons. The molecule has 1 amide bonds. The number of aryl methyl sites for hydroxylation is 1. The number of ether oxygens (including phenoxy) is 1. The van der Waals surface area contributed by atoms with Crippen molar-refractivity contribution in [1.82, 2.24) is 9.88 Å². The van der Waals surface area contributed by atoms with Gasteiger partial charge in [-0.25, -0.2) is 0 Å². The Kier molecular flexibility index (Phi) is 6.52. The van der Waals surface area contributed by atoms with Crippen LogP contribution in [-0.2, 0) is 4.79 Å². The summed E-state index contributed by atoms with van der Waals surface area (Å²) in [6.07, 6.45) is 3.66. The molecule has 1 aliphatic heterocycles. The highest BCUT2D eigenvalue weighted by Gasteiger charge is 2.26. The molecular formula is C25H24N4O3. The Morgan fingerprint density at radius 2 is 1.81 bits per heavy atom. The SMILES string of the molecule is Cc1ccc(C=Cc2nc(C#N)c(N3CCN(C(=O)COc4ccccc4)CC3)o2)cc1. The van der Waals surface area contributed by atoms with Crippen LogP contribution in [0.3, 0.4) is 0 Å². The summed E-state index contributed by atoms with van der Waals surface area (Å²) in [5.41, 5.74) is 2.47. The fraction of sp³-hybridized carbons (Fsp3) is 0.240. The predicted octanol–water partition coefficient (Wildman–Crippen LogP) is 3.75. The largest absolute Gasteiger partial charge is 0.484 e. The van der Waals surface area contributed by atoms with Crippen LogP contribution in [0.1, 0.15) is 22.7 Å². The Labute approximate surface area is 187 Å². The molecule has 0 spiro atoms. The Morgan fingerprint density at radius 1 is 1.09 bits per heavy atom. The van der Waals surface area contributed by atoms with Gasteiger partial charge in [-0.1, -0.05) is 48.0 Å². The number of carbonyl (C=O) groups excluding carboxylic acids is 1. The van der Waals surface area contributed by atoms with Gasteiger partial charge in [-0.3, -0.25) is 4.79 Å².